The van der Waals surface area contributed by atoms with Crippen molar-refractivity contribution in [1.82, 2.24) is 0 Å². The highest BCUT2D eigenvalue weighted by atomic mass is 16.1. The van der Waals surface area contributed by atoms with Crippen molar-refractivity contribution in [1.29, 1.82) is 0 Å². The molecule has 21 heavy (non-hydrogen) atoms. The van der Waals surface area contributed by atoms with Crippen LogP contribution in [-0.4, -0.2) is 5.78 Å². The van der Waals surface area contributed by atoms with Crippen LogP contribution in [0.4, 0.5) is 0 Å². The van der Waals surface area contributed by atoms with E-state index >= 15 is 0 Å². The van der Waals surface area contributed by atoms with Crippen LogP contribution in [0.25, 0.3) is 11.6 Å². The molecule has 0 bridgehead atoms. The molecule has 0 aromatic heterocycles. The smallest absolute Gasteiger partial charge is 0.186 e. The molecule has 0 heterocycles. The summed E-state index contributed by atoms with van der Waals surface area (Å²) in [5.41, 5.74) is 8.47. The summed E-state index contributed by atoms with van der Waals surface area (Å²) < 4.78 is 0. The molecule has 0 aliphatic heterocycles. The molecule has 0 amide bonds. The largest absolute Gasteiger partial charge is 0.289 e. The van der Waals surface area contributed by atoms with Crippen LogP contribution in [-0.2, 0) is 4.79 Å². The molecule has 0 N–H and O–H groups in total. The maximum absolute atomic E-state index is 12.3. The summed E-state index contributed by atoms with van der Waals surface area (Å²) in [6, 6.07) is 8.10. The van der Waals surface area contributed by atoms with Gasteiger partial charge in [-0.25, -0.2) is 0 Å². The Labute approximate surface area is 126 Å². The van der Waals surface area contributed by atoms with Crippen LogP contribution in [0.2, 0.25) is 0 Å². The van der Waals surface area contributed by atoms with E-state index in [1.807, 2.05) is 24.3 Å². The second kappa shape index (κ2) is 5.33. The van der Waals surface area contributed by atoms with Gasteiger partial charge in [0, 0.05) is 5.57 Å². The highest BCUT2D eigenvalue weighted by Crippen LogP contribution is 2.34. The molecule has 3 rings (SSSR count). The van der Waals surface area contributed by atoms with Gasteiger partial charge in [-0.3, -0.25) is 4.79 Å². The van der Waals surface area contributed by atoms with Crippen molar-refractivity contribution in [2.75, 3.05) is 0 Å². The number of benzene rings is 1. The van der Waals surface area contributed by atoms with Gasteiger partial charge in [-0.1, -0.05) is 35.9 Å². The zero-order valence-corrected chi connectivity index (χ0v) is 12.9. The molecule has 0 atom stereocenters. The minimum atomic E-state index is 0.109. The third kappa shape index (κ3) is 2.44. The first-order valence-electron chi connectivity index (χ1n) is 7.48. The van der Waals surface area contributed by atoms with E-state index in [1.54, 1.807) is 6.08 Å². The van der Waals surface area contributed by atoms with Crippen molar-refractivity contribution >= 4 is 17.4 Å². The zero-order chi connectivity index (χ0) is 15.0. The fourth-order valence-corrected chi connectivity index (χ4v) is 3.04. The van der Waals surface area contributed by atoms with E-state index in [-0.39, 0.29) is 5.78 Å². The Hall–Kier alpha value is -2.15. The average molecular weight is 276 g/mol. The summed E-state index contributed by atoms with van der Waals surface area (Å²) in [6.07, 6.45) is 7.81. The lowest BCUT2D eigenvalue weighted by Crippen LogP contribution is -2.06. The van der Waals surface area contributed by atoms with Gasteiger partial charge in [0.05, 0.1) is 0 Å². The van der Waals surface area contributed by atoms with Gasteiger partial charge in [-0.05, 0) is 73.6 Å². The van der Waals surface area contributed by atoms with Crippen molar-refractivity contribution in [3.63, 3.8) is 0 Å². The van der Waals surface area contributed by atoms with E-state index in [0.717, 1.165) is 29.5 Å². The average Bonchev–Trinajstić information content (AvgIpc) is 2.50. The lowest BCUT2D eigenvalue weighted by Gasteiger charge is -2.20. The quantitative estimate of drug-likeness (QED) is 0.651. The predicted octanol–water partition coefficient (Wildman–Crippen LogP) is 5.11. The third-order valence-electron chi connectivity index (χ3n) is 4.70. The Bertz CT molecular complexity index is 739. The molecule has 0 fully saturated rings. The van der Waals surface area contributed by atoms with Gasteiger partial charge in [0.25, 0.3) is 0 Å². The fourth-order valence-electron chi connectivity index (χ4n) is 3.04. The monoisotopic (exact) mass is 276 g/mol. The van der Waals surface area contributed by atoms with Gasteiger partial charge in [-0.15, -0.1) is 0 Å². The minimum Gasteiger partial charge on any atom is -0.289 e. The molecule has 2 aliphatic carbocycles. The van der Waals surface area contributed by atoms with Gasteiger partial charge in [0.15, 0.2) is 5.78 Å². The van der Waals surface area contributed by atoms with E-state index in [1.165, 1.54) is 22.3 Å². The van der Waals surface area contributed by atoms with Crippen LogP contribution in [0.15, 0.2) is 58.7 Å². The van der Waals surface area contributed by atoms with E-state index in [4.69, 9.17) is 0 Å². The maximum Gasteiger partial charge on any atom is 0.186 e. The number of carbonyl (C=O) groups is 1. The molecule has 1 heteroatoms. The highest BCUT2D eigenvalue weighted by Gasteiger charge is 2.19. The summed E-state index contributed by atoms with van der Waals surface area (Å²) in [5, 5.41) is 0. The number of rotatable bonds is 1. The summed E-state index contributed by atoms with van der Waals surface area (Å²) in [5.74, 6) is 0.109. The number of hydrogen-bond donors (Lipinski definition) is 0. The van der Waals surface area contributed by atoms with Gasteiger partial charge in [-0.2, -0.15) is 0 Å². The summed E-state index contributed by atoms with van der Waals surface area (Å²) in [7, 11) is 0. The topological polar surface area (TPSA) is 17.1 Å². The van der Waals surface area contributed by atoms with Crippen molar-refractivity contribution in [2.45, 2.75) is 33.6 Å². The highest BCUT2D eigenvalue weighted by molar-refractivity contribution is 6.30. The predicted molar refractivity (Wildman–Crippen MR) is 88.8 cm³/mol. The summed E-state index contributed by atoms with van der Waals surface area (Å²) in [6.45, 7) is 6.55. The van der Waals surface area contributed by atoms with Crippen molar-refractivity contribution in [3.8, 4) is 0 Å². The van der Waals surface area contributed by atoms with Gasteiger partial charge in [0.2, 0.25) is 0 Å². The lowest BCUT2D eigenvalue weighted by molar-refractivity contribution is -0.109. The number of allylic oxidation sites excluding steroid dienone is 7. The molecule has 0 spiro atoms. The van der Waals surface area contributed by atoms with Crippen LogP contribution >= 0.6 is 0 Å². The maximum atomic E-state index is 12.3. The normalized spacial score (nSPS) is 20.3. The number of fused-ring (bicyclic) bond motifs is 1. The standard InChI is InChI=1S/C20H20O/c1-13-8-9-17(15(3)14(13)2)12-19-18-7-5-4-6-16(18)10-11-20(19)21/h4-7,10-12H,8-9H2,1-3H3/b19-12+. The fraction of sp³-hybridized carbons (Fsp3) is 0.250. The van der Waals surface area contributed by atoms with Gasteiger partial charge in [0.1, 0.15) is 0 Å². The molecule has 0 radical (unpaired) electrons. The number of carbonyl (C=O) groups excluding carboxylic acids is 1. The van der Waals surface area contributed by atoms with Gasteiger partial charge >= 0.3 is 0 Å². The van der Waals surface area contributed by atoms with E-state index in [0.29, 0.717) is 0 Å². The van der Waals surface area contributed by atoms with Crippen LogP contribution in [0.5, 0.6) is 0 Å². The Morgan fingerprint density at radius 2 is 1.71 bits per heavy atom. The molecule has 0 saturated carbocycles. The van der Waals surface area contributed by atoms with Crippen molar-refractivity contribution in [2.24, 2.45) is 0 Å². The van der Waals surface area contributed by atoms with Crippen LogP contribution < -0.4 is 0 Å². The molecule has 2 aliphatic rings. The molecule has 0 saturated heterocycles. The molecule has 106 valence electrons. The minimum absolute atomic E-state index is 0.109. The van der Waals surface area contributed by atoms with Crippen LogP contribution in [0.1, 0.15) is 44.7 Å². The van der Waals surface area contributed by atoms with Crippen molar-refractivity contribution in [3.05, 3.63) is 69.8 Å². The first kappa shape index (κ1) is 13.8. The van der Waals surface area contributed by atoms with Crippen LogP contribution in [0.3, 0.4) is 0 Å². The SMILES string of the molecule is CC1=C(C)C(C)=C(/C=C2/C(=O)C=Cc3ccccc32)CC1. The Kier molecular flexibility index (Phi) is 3.50. The summed E-state index contributed by atoms with van der Waals surface area (Å²) in [4.78, 5) is 12.3. The zero-order valence-electron chi connectivity index (χ0n) is 12.9. The molecule has 1 aromatic rings. The van der Waals surface area contributed by atoms with E-state index < -0.39 is 0 Å². The summed E-state index contributed by atoms with van der Waals surface area (Å²) >= 11 is 0. The van der Waals surface area contributed by atoms with E-state index in [2.05, 4.69) is 32.9 Å². The third-order valence-corrected chi connectivity index (χ3v) is 4.70. The Balaban J connectivity index is 2.12. The first-order chi connectivity index (χ1) is 10.1. The molecular formula is C20H20O. The lowest BCUT2D eigenvalue weighted by atomic mass is 9.84. The molecular weight excluding hydrogens is 256 g/mol. The number of hydrogen-bond acceptors (Lipinski definition) is 1. The molecule has 1 nitrogen and oxygen atoms in total. The second-order valence-corrected chi connectivity index (χ2v) is 5.90. The molecule has 0 unspecified atom stereocenters. The Morgan fingerprint density at radius 1 is 0.952 bits per heavy atom. The first-order valence-corrected chi connectivity index (χ1v) is 7.48. The second-order valence-electron chi connectivity index (χ2n) is 5.90. The number of ketones is 1. The Morgan fingerprint density at radius 3 is 2.52 bits per heavy atom. The van der Waals surface area contributed by atoms with E-state index in [9.17, 15) is 4.79 Å². The molecule has 1 aromatic carbocycles. The van der Waals surface area contributed by atoms with Gasteiger partial charge < -0.3 is 0 Å². The van der Waals surface area contributed by atoms with Crippen LogP contribution in [0, 0.1) is 0 Å². The van der Waals surface area contributed by atoms with Crippen molar-refractivity contribution < 1.29 is 4.79 Å².